The van der Waals surface area contributed by atoms with Gasteiger partial charge in [0.25, 0.3) is 0 Å². The topological polar surface area (TPSA) is 41.9 Å². The van der Waals surface area contributed by atoms with Crippen LogP contribution in [0.4, 0.5) is 0 Å². The van der Waals surface area contributed by atoms with E-state index in [1.807, 2.05) is 43.3 Å². The van der Waals surface area contributed by atoms with Crippen LogP contribution < -0.4 is 9.47 Å². The summed E-state index contributed by atoms with van der Waals surface area (Å²) in [7, 11) is 3.85. The van der Waals surface area contributed by atoms with E-state index in [-0.39, 0.29) is 12.0 Å². The Morgan fingerprint density at radius 2 is 1.50 bits per heavy atom. The maximum atomic E-state index is 9.89. The number of hydrogen-bond donors (Lipinski definition) is 1. The van der Waals surface area contributed by atoms with Gasteiger partial charge in [0.2, 0.25) is 0 Å². The summed E-state index contributed by atoms with van der Waals surface area (Å²) in [5, 5.41) is 9.89. The minimum absolute atomic E-state index is 0.143. The van der Waals surface area contributed by atoms with Crippen molar-refractivity contribution in [3.8, 4) is 11.5 Å². The van der Waals surface area contributed by atoms with Gasteiger partial charge < -0.3 is 19.5 Å². The maximum Gasteiger partial charge on any atom is 0.126 e. The summed E-state index contributed by atoms with van der Waals surface area (Å²) in [6.45, 7) is 8.81. The highest BCUT2D eigenvalue weighted by Crippen LogP contribution is 2.33. The Bertz CT molecular complexity index is 690. The number of hydrogen-bond acceptors (Lipinski definition) is 4. The van der Waals surface area contributed by atoms with Crippen LogP contribution in [0.3, 0.4) is 0 Å². The summed E-state index contributed by atoms with van der Waals surface area (Å²) < 4.78 is 11.0. The van der Waals surface area contributed by atoms with Crippen LogP contribution in [0.15, 0.2) is 61.4 Å². The highest BCUT2D eigenvalue weighted by atomic mass is 16.5. The number of aliphatic hydroxyl groups excluding tert-OH is 1. The van der Waals surface area contributed by atoms with Gasteiger partial charge in [-0.25, -0.2) is 0 Å². The second-order valence-electron chi connectivity index (χ2n) is 7.19. The van der Waals surface area contributed by atoms with Gasteiger partial charge in [0.05, 0.1) is 6.26 Å². The van der Waals surface area contributed by atoms with Crippen molar-refractivity contribution < 1.29 is 14.6 Å². The van der Waals surface area contributed by atoms with Crippen molar-refractivity contribution in [2.24, 2.45) is 0 Å². The Hall–Kier alpha value is -2.30. The Labute approximate surface area is 156 Å². The van der Waals surface area contributed by atoms with Crippen molar-refractivity contribution in [1.29, 1.82) is 0 Å². The molecule has 4 nitrogen and oxygen atoms in total. The molecule has 2 aromatic carbocycles. The summed E-state index contributed by atoms with van der Waals surface area (Å²) >= 11 is 0. The minimum Gasteiger partial charge on any atom is -0.491 e. The molecule has 0 heterocycles. The lowest BCUT2D eigenvalue weighted by atomic mass is 9.78. The molecule has 0 bridgehead atoms. The third kappa shape index (κ3) is 5.35. The molecule has 1 atom stereocenters. The molecule has 140 valence electrons. The van der Waals surface area contributed by atoms with Gasteiger partial charge in [-0.2, -0.15) is 0 Å². The lowest BCUT2D eigenvalue weighted by Gasteiger charge is -2.26. The molecule has 0 fully saturated rings. The second kappa shape index (κ2) is 8.88. The molecular weight excluding hydrogens is 326 g/mol. The van der Waals surface area contributed by atoms with Crippen LogP contribution in [0.2, 0.25) is 0 Å². The summed E-state index contributed by atoms with van der Waals surface area (Å²) in [5.41, 5.74) is 2.25. The van der Waals surface area contributed by atoms with Gasteiger partial charge in [0, 0.05) is 12.0 Å². The van der Waals surface area contributed by atoms with E-state index in [1.54, 1.807) is 0 Å². The fourth-order valence-corrected chi connectivity index (χ4v) is 2.85. The van der Waals surface area contributed by atoms with Crippen molar-refractivity contribution in [2.45, 2.75) is 25.4 Å². The highest BCUT2D eigenvalue weighted by Gasteiger charge is 2.23. The normalized spacial score (nSPS) is 12.7. The van der Waals surface area contributed by atoms with Crippen LogP contribution in [0, 0.1) is 0 Å². The number of rotatable bonds is 9. The highest BCUT2D eigenvalue weighted by molar-refractivity contribution is 5.41. The molecular formula is C22H29NO3. The number of likely N-dealkylation sites (N-methyl/N-ethyl adjacent to an activating group) is 1. The van der Waals surface area contributed by atoms with Crippen LogP contribution >= 0.6 is 0 Å². The molecule has 4 heteroatoms. The average molecular weight is 355 g/mol. The molecule has 0 amide bonds. The lowest BCUT2D eigenvalue weighted by molar-refractivity contribution is 0.0831. The van der Waals surface area contributed by atoms with E-state index >= 15 is 0 Å². The minimum atomic E-state index is -0.502. The first-order valence-corrected chi connectivity index (χ1v) is 8.77. The van der Waals surface area contributed by atoms with Gasteiger partial charge in [-0.05, 0) is 49.5 Å². The lowest BCUT2D eigenvalue weighted by Crippen LogP contribution is -2.30. The van der Waals surface area contributed by atoms with Gasteiger partial charge in [0.1, 0.15) is 24.2 Å². The fraction of sp³-hybridized carbons (Fsp3) is 0.364. The molecule has 0 aliphatic carbocycles. The van der Waals surface area contributed by atoms with Crippen LogP contribution in [0.5, 0.6) is 11.5 Å². The average Bonchev–Trinajstić information content (AvgIpc) is 2.60. The van der Waals surface area contributed by atoms with Gasteiger partial charge in [-0.3, -0.25) is 0 Å². The quantitative estimate of drug-likeness (QED) is 0.694. The maximum absolute atomic E-state index is 9.89. The molecule has 2 aromatic rings. The first kappa shape index (κ1) is 20.0. The molecule has 0 spiro atoms. The number of aliphatic hydroxyl groups is 1. The molecule has 0 saturated heterocycles. The van der Waals surface area contributed by atoms with E-state index in [1.165, 1.54) is 17.4 Å². The van der Waals surface area contributed by atoms with E-state index < -0.39 is 6.10 Å². The largest absolute Gasteiger partial charge is 0.491 e. The predicted molar refractivity (Wildman–Crippen MR) is 106 cm³/mol. The third-order valence-electron chi connectivity index (χ3n) is 4.39. The van der Waals surface area contributed by atoms with Crippen LogP contribution in [-0.4, -0.2) is 43.4 Å². The molecule has 0 aromatic heterocycles. The van der Waals surface area contributed by atoms with E-state index in [2.05, 4.69) is 44.7 Å². The summed E-state index contributed by atoms with van der Waals surface area (Å²) in [6, 6.07) is 16.1. The Morgan fingerprint density at radius 3 is 1.96 bits per heavy atom. The summed E-state index contributed by atoms with van der Waals surface area (Å²) in [6.07, 6.45) is 0.923. The van der Waals surface area contributed by atoms with Crippen molar-refractivity contribution in [3.63, 3.8) is 0 Å². The van der Waals surface area contributed by atoms with Crippen molar-refractivity contribution >= 4 is 0 Å². The van der Waals surface area contributed by atoms with Crippen molar-refractivity contribution in [2.75, 3.05) is 27.2 Å². The monoisotopic (exact) mass is 355 g/mol. The molecule has 0 saturated carbocycles. The number of nitrogens with zero attached hydrogens (tertiary/aromatic N) is 1. The van der Waals surface area contributed by atoms with E-state index in [9.17, 15) is 5.11 Å². The Kier molecular flexibility index (Phi) is 6.83. The van der Waals surface area contributed by atoms with Gasteiger partial charge in [0.15, 0.2) is 0 Å². The van der Waals surface area contributed by atoms with Gasteiger partial charge in [-0.15, -0.1) is 0 Å². The molecule has 2 rings (SSSR count). The van der Waals surface area contributed by atoms with Crippen LogP contribution in [0.25, 0.3) is 0 Å². The molecule has 0 radical (unpaired) electrons. The molecule has 1 N–H and O–H groups in total. The van der Waals surface area contributed by atoms with Crippen LogP contribution in [0.1, 0.15) is 25.0 Å². The van der Waals surface area contributed by atoms with E-state index in [4.69, 9.17) is 9.47 Å². The zero-order valence-electron chi connectivity index (χ0n) is 16.1. The molecule has 1 unspecified atom stereocenters. The third-order valence-corrected chi connectivity index (χ3v) is 4.39. The summed E-state index contributed by atoms with van der Waals surface area (Å²) in [4.78, 5) is 1.94. The standard InChI is InChI=1S/C22H29NO3/c1-6-25-20-11-7-17(8-12-20)22(2,3)18-9-13-21(14-10-18)26-16-19(24)15-23(4)5/h6-14,19,24H,1,15-16H2,2-5H3. The smallest absolute Gasteiger partial charge is 0.126 e. The second-order valence-corrected chi connectivity index (χ2v) is 7.19. The Balaban J connectivity index is 2.04. The zero-order valence-corrected chi connectivity index (χ0v) is 16.1. The Morgan fingerprint density at radius 1 is 1.00 bits per heavy atom. The van der Waals surface area contributed by atoms with Gasteiger partial charge in [-0.1, -0.05) is 44.7 Å². The molecule has 0 aliphatic heterocycles. The van der Waals surface area contributed by atoms with Crippen molar-refractivity contribution in [1.82, 2.24) is 4.90 Å². The molecule has 0 aliphatic rings. The fourth-order valence-electron chi connectivity index (χ4n) is 2.85. The first-order valence-electron chi connectivity index (χ1n) is 8.77. The van der Waals surface area contributed by atoms with Crippen molar-refractivity contribution in [3.05, 3.63) is 72.5 Å². The van der Waals surface area contributed by atoms with E-state index in [0.717, 1.165) is 11.5 Å². The van der Waals surface area contributed by atoms with Gasteiger partial charge >= 0.3 is 0 Å². The van der Waals surface area contributed by atoms with Crippen LogP contribution in [-0.2, 0) is 5.41 Å². The number of ether oxygens (including phenoxy) is 2. The molecule has 26 heavy (non-hydrogen) atoms. The zero-order chi connectivity index (χ0) is 19.2. The predicted octanol–water partition coefficient (Wildman–Crippen LogP) is 3.84. The van der Waals surface area contributed by atoms with E-state index in [0.29, 0.717) is 6.54 Å². The summed E-state index contributed by atoms with van der Waals surface area (Å²) in [5.74, 6) is 1.54. The first-order chi connectivity index (χ1) is 12.3. The number of benzene rings is 2. The SMILES string of the molecule is C=COc1ccc(C(C)(C)c2ccc(OCC(O)CN(C)C)cc2)cc1.